The third-order valence-electron chi connectivity index (χ3n) is 2.14. The Morgan fingerprint density at radius 3 is 2.55 bits per heavy atom. The van der Waals surface area contributed by atoms with Gasteiger partial charge in [0.1, 0.15) is 0 Å². The lowest BCUT2D eigenvalue weighted by atomic mass is 10.1. The van der Waals surface area contributed by atoms with Crippen molar-refractivity contribution in [1.82, 2.24) is 4.90 Å². The largest absolute Gasteiger partial charge is 0.392 e. The van der Waals surface area contributed by atoms with E-state index in [4.69, 9.17) is 0 Å². The second-order valence-corrected chi connectivity index (χ2v) is 5.30. The highest BCUT2D eigenvalue weighted by molar-refractivity contribution is 14.1. The average molecular weight is 269 g/mol. The second kappa shape index (κ2) is 4.05. The number of piperidine rings is 1. The first-order chi connectivity index (χ1) is 5.09. The molecule has 0 aromatic rings. The molecule has 2 atom stereocenters. The second-order valence-electron chi connectivity index (χ2n) is 3.53. The summed E-state index contributed by atoms with van der Waals surface area (Å²) in [5.41, 5.74) is 0. The minimum absolute atomic E-state index is 0.104. The molecule has 1 heterocycles. The maximum atomic E-state index is 9.45. The third-order valence-corrected chi connectivity index (χ3v) is 3.04. The highest BCUT2D eigenvalue weighted by Gasteiger charge is 2.25. The van der Waals surface area contributed by atoms with Gasteiger partial charge in [0.2, 0.25) is 0 Å². The fourth-order valence-electron chi connectivity index (χ4n) is 1.47. The van der Waals surface area contributed by atoms with Crippen LogP contribution in [-0.4, -0.2) is 39.2 Å². The average Bonchev–Trinajstić information content (AvgIpc) is 1.85. The summed E-state index contributed by atoms with van der Waals surface area (Å²) in [6, 6.07) is 0.571. The first-order valence-corrected chi connectivity index (χ1v) is 5.40. The molecule has 0 amide bonds. The summed E-state index contributed by atoms with van der Waals surface area (Å²) in [6.07, 6.45) is 0.858. The fourth-order valence-corrected chi connectivity index (χ4v) is 2.56. The number of rotatable bonds is 1. The molecule has 0 unspecified atom stereocenters. The number of β-amino-alcohol motifs (C(OH)–C–C–N with tert-alkyl or cyclic N) is 1. The lowest BCUT2D eigenvalue weighted by Crippen LogP contribution is -2.46. The van der Waals surface area contributed by atoms with Gasteiger partial charge in [-0.3, -0.25) is 4.90 Å². The van der Waals surface area contributed by atoms with E-state index >= 15 is 0 Å². The smallest absolute Gasteiger partial charge is 0.0677 e. The molecule has 0 aliphatic carbocycles. The van der Waals surface area contributed by atoms with Crippen molar-refractivity contribution in [2.45, 2.75) is 36.3 Å². The molecule has 1 N–H and O–H groups in total. The Hall–Kier alpha value is 0.650. The minimum Gasteiger partial charge on any atom is -0.392 e. The molecule has 0 saturated carbocycles. The van der Waals surface area contributed by atoms with Crippen LogP contribution in [0.3, 0.4) is 0 Å². The molecule has 0 bridgehead atoms. The van der Waals surface area contributed by atoms with E-state index in [0.29, 0.717) is 9.97 Å². The zero-order chi connectivity index (χ0) is 8.43. The Kier molecular flexibility index (Phi) is 3.58. The quantitative estimate of drug-likeness (QED) is 0.572. The number of nitrogens with zero attached hydrogens (tertiary/aromatic N) is 1. The van der Waals surface area contributed by atoms with Crippen LogP contribution in [0, 0.1) is 0 Å². The molecule has 1 rings (SSSR count). The Morgan fingerprint density at radius 2 is 2.09 bits per heavy atom. The van der Waals surface area contributed by atoms with Gasteiger partial charge in [0.25, 0.3) is 0 Å². The summed E-state index contributed by atoms with van der Waals surface area (Å²) in [5.74, 6) is 0. The van der Waals surface area contributed by atoms with E-state index in [-0.39, 0.29) is 6.10 Å². The molecule has 0 aromatic heterocycles. The van der Waals surface area contributed by atoms with Crippen LogP contribution in [0.5, 0.6) is 0 Å². The zero-order valence-corrected chi connectivity index (χ0v) is 9.28. The van der Waals surface area contributed by atoms with Crippen molar-refractivity contribution in [2.75, 3.05) is 13.1 Å². The normalized spacial score (nSPS) is 34.6. The van der Waals surface area contributed by atoms with Crippen LogP contribution in [0.2, 0.25) is 0 Å². The summed E-state index contributed by atoms with van der Waals surface area (Å²) in [6.45, 7) is 6.36. The van der Waals surface area contributed by atoms with Crippen LogP contribution >= 0.6 is 22.6 Å². The Labute approximate surface area is 82.1 Å². The van der Waals surface area contributed by atoms with E-state index in [9.17, 15) is 5.11 Å². The van der Waals surface area contributed by atoms with Crippen molar-refractivity contribution in [3.8, 4) is 0 Å². The SMILES string of the molecule is CC(C)N1C[C@@H](O)C[C@@H](I)C1. The van der Waals surface area contributed by atoms with E-state index in [2.05, 4.69) is 41.3 Å². The molecule has 1 aliphatic heterocycles. The van der Waals surface area contributed by atoms with Gasteiger partial charge in [0.05, 0.1) is 6.10 Å². The van der Waals surface area contributed by atoms with Gasteiger partial charge in [-0.2, -0.15) is 0 Å². The summed E-state index contributed by atoms with van der Waals surface area (Å²) >= 11 is 2.42. The standard InChI is InChI=1S/C8H16INO/c1-6(2)10-4-7(9)3-8(11)5-10/h6-8,11H,3-5H2,1-2H3/t7-,8+/m1/s1. The van der Waals surface area contributed by atoms with Crippen LogP contribution in [0.4, 0.5) is 0 Å². The Morgan fingerprint density at radius 1 is 1.45 bits per heavy atom. The lowest BCUT2D eigenvalue weighted by Gasteiger charge is -2.35. The first kappa shape index (κ1) is 9.74. The number of aliphatic hydroxyl groups excluding tert-OH is 1. The summed E-state index contributed by atoms with van der Waals surface area (Å²) in [7, 11) is 0. The number of hydrogen-bond acceptors (Lipinski definition) is 2. The first-order valence-electron chi connectivity index (χ1n) is 4.15. The van der Waals surface area contributed by atoms with Gasteiger partial charge >= 0.3 is 0 Å². The molecular formula is C8H16INO. The monoisotopic (exact) mass is 269 g/mol. The Balaban J connectivity index is 2.43. The predicted octanol–water partition coefficient (Wildman–Crippen LogP) is 1.27. The van der Waals surface area contributed by atoms with E-state index in [1.54, 1.807) is 0 Å². The molecule has 1 fully saturated rings. The number of hydrogen-bond donors (Lipinski definition) is 1. The number of alkyl halides is 1. The maximum absolute atomic E-state index is 9.45. The van der Waals surface area contributed by atoms with Crippen LogP contribution in [0.1, 0.15) is 20.3 Å². The van der Waals surface area contributed by atoms with Crippen molar-refractivity contribution in [2.24, 2.45) is 0 Å². The molecule has 1 saturated heterocycles. The van der Waals surface area contributed by atoms with E-state index in [1.807, 2.05) is 0 Å². The predicted molar refractivity (Wildman–Crippen MR) is 55.1 cm³/mol. The minimum atomic E-state index is -0.104. The summed E-state index contributed by atoms with van der Waals surface area (Å²) in [4.78, 5) is 2.34. The summed E-state index contributed by atoms with van der Waals surface area (Å²) in [5, 5.41) is 9.45. The van der Waals surface area contributed by atoms with Gasteiger partial charge in [-0.15, -0.1) is 0 Å². The van der Waals surface area contributed by atoms with Crippen molar-refractivity contribution < 1.29 is 5.11 Å². The third kappa shape index (κ3) is 2.87. The lowest BCUT2D eigenvalue weighted by molar-refractivity contribution is 0.0605. The molecule has 2 nitrogen and oxygen atoms in total. The van der Waals surface area contributed by atoms with E-state index in [1.165, 1.54) is 0 Å². The van der Waals surface area contributed by atoms with Crippen LogP contribution in [0.25, 0.3) is 0 Å². The zero-order valence-electron chi connectivity index (χ0n) is 7.13. The van der Waals surface area contributed by atoms with Crippen molar-refractivity contribution in [3.05, 3.63) is 0 Å². The van der Waals surface area contributed by atoms with E-state index in [0.717, 1.165) is 19.5 Å². The number of halogens is 1. The maximum Gasteiger partial charge on any atom is 0.0677 e. The van der Waals surface area contributed by atoms with Crippen LogP contribution in [0.15, 0.2) is 0 Å². The van der Waals surface area contributed by atoms with Crippen molar-refractivity contribution >= 4 is 22.6 Å². The number of likely N-dealkylation sites (tertiary alicyclic amines) is 1. The Bertz CT molecular complexity index is 119. The van der Waals surface area contributed by atoms with Crippen LogP contribution in [-0.2, 0) is 0 Å². The van der Waals surface area contributed by atoms with Gasteiger partial charge in [0, 0.05) is 23.1 Å². The van der Waals surface area contributed by atoms with Gasteiger partial charge in [0.15, 0.2) is 0 Å². The molecule has 0 spiro atoms. The number of aliphatic hydroxyl groups is 1. The molecule has 66 valence electrons. The van der Waals surface area contributed by atoms with Gasteiger partial charge < -0.3 is 5.11 Å². The molecule has 3 heteroatoms. The highest BCUT2D eigenvalue weighted by atomic mass is 127. The molecule has 11 heavy (non-hydrogen) atoms. The van der Waals surface area contributed by atoms with Gasteiger partial charge in [-0.05, 0) is 20.3 Å². The molecule has 0 aromatic carbocycles. The molecule has 1 aliphatic rings. The van der Waals surface area contributed by atoms with Crippen LogP contribution < -0.4 is 0 Å². The van der Waals surface area contributed by atoms with E-state index < -0.39 is 0 Å². The summed E-state index contributed by atoms with van der Waals surface area (Å²) < 4.78 is 0.624. The fraction of sp³-hybridized carbons (Fsp3) is 1.00. The van der Waals surface area contributed by atoms with Crippen molar-refractivity contribution in [3.63, 3.8) is 0 Å². The molecular weight excluding hydrogens is 253 g/mol. The highest BCUT2D eigenvalue weighted by Crippen LogP contribution is 2.19. The van der Waals surface area contributed by atoms with Crippen molar-refractivity contribution in [1.29, 1.82) is 0 Å². The van der Waals surface area contributed by atoms with Gasteiger partial charge in [-0.25, -0.2) is 0 Å². The topological polar surface area (TPSA) is 23.5 Å². The molecule has 0 radical (unpaired) electrons. The van der Waals surface area contributed by atoms with Gasteiger partial charge in [-0.1, -0.05) is 22.6 Å².